The maximum Gasteiger partial charge on any atom is 0.119 e. The molecule has 0 radical (unpaired) electrons. The van der Waals surface area contributed by atoms with E-state index < -0.39 is 5.54 Å². The third-order valence-electron chi connectivity index (χ3n) is 4.22. The molecule has 1 atom stereocenters. The standard InChI is InChI=1S/C17H25N3O/c1-4-21-16-7-5-15(6-8-16)13-17(2,14-18)20-11-9-19(3)10-12-20/h5-8H,4,9-13H2,1-3H3. The highest BCUT2D eigenvalue weighted by Gasteiger charge is 2.33. The van der Waals surface area contributed by atoms with E-state index in [1.165, 1.54) is 5.56 Å². The van der Waals surface area contributed by atoms with Crippen molar-refractivity contribution in [2.45, 2.75) is 25.8 Å². The van der Waals surface area contributed by atoms with Crippen molar-refractivity contribution in [3.8, 4) is 11.8 Å². The second-order valence-corrected chi connectivity index (χ2v) is 5.93. The number of likely N-dealkylation sites (N-methyl/N-ethyl adjacent to an activating group) is 1. The summed E-state index contributed by atoms with van der Waals surface area (Å²) in [5.41, 5.74) is 0.746. The Bertz CT molecular complexity index is 486. The Morgan fingerprint density at radius 3 is 2.33 bits per heavy atom. The van der Waals surface area contributed by atoms with Crippen LogP contribution < -0.4 is 4.74 Å². The normalized spacial score (nSPS) is 19.7. The second-order valence-electron chi connectivity index (χ2n) is 5.93. The van der Waals surface area contributed by atoms with Crippen LogP contribution in [0.1, 0.15) is 19.4 Å². The van der Waals surface area contributed by atoms with Crippen LogP contribution in [0.3, 0.4) is 0 Å². The lowest BCUT2D eigenvalue weighted by atomic mass is 9.91. The molecule has 21 heavy (non-hydrogen) atoms. The number of piperazine rings is 1. The van der Waals surface area contributed by atoms with Crippen LogP contribution in [0.15, 0.2) is 24.3 Å². The first-order valence-corrected chi connectivity index (χ1v) is 7.64. The van der Waals surface area contributed by atoms with Gasteiger partial charge in [-0.3, -0.25) is 4.90 Å². The van der Waals surface area contributed by atoms with Crippen LogP contribution in [0.4, 0.5) is 0 Å². The van der Waals surface area contributed by atoms with Gasteiger partial charge < -0.3 is 9.64 Å². The molecule has 0 saturated carbocycles. The smallest absolute Gasteiger partial charge is 0.119 e. The Morgan fingerprint density at radius 1 is 1.19 bits per heavy atom. The molecule has 1 aromatic rings. The third kappa shape index (κ3) is 3.96. The van der Waals surface area contributed by atoms with Crippen molar-refractivity contribution in [2.75, 3.05) is 39.8 Å². The zero-order chi connectivity index (χ0) is 15.3. The van der Waals surface area contributed by atoms with Gasteiger partial charge >= 0.3 is 0 Å². The molecular formula is C17H25N3O. The minimum absolute atomic E-state index is 0.436. The summed E-state index contributed by atoms with van der Waals surface area (Å²) in [5.74, 6) is 0.888. The Balaban J connectivity index is 2.05. The molecule has 0 aliphatic carbocycles. The van der Waals surface area contributed by atoms with Crippen molar-refractivity contribution in [1.82, 2.24) is 9.80 Å². The van der Waals surface area contributed by atoms with Crippen LogP contribution in [0.5, 0.6) is 5.75 Å². The summed E-state index contributed by atoms with van der Waals surface area (Å²) in [6.45, 7) is 8.68. The molecule has 1 aliphatic rings. The minimum Gasteiger partial charge on any atom is -0.494 e. The van der Waals surface area contributed by atoms with Crippen molar-refractivity contribution < 1.29 is 4.74 Å². The molecule has 0 N–H and O–H groups in total. The number of nitrogens with zero attached hydrogens (tertiary/aromatic N) is 3. The first-order chi connectivity index (χ1) is 10.1. The summed E-state index contributed by atoms with van der Waals surface area (Å²) >= 11 is 0. The number of nitriles is 1. The summed E-state index contributed by atoms with van der Waals surface area (Å²) in [4.78, 5) is 4.62. The monoisotopic (exact) mass is 287 g/mol. The van der Waals surface area contributed by atoms with Crippen molar-refractivity contribution in [2.24, 2.45) is 0 Å². The van der Waals surface area contributed by atoms with E-state index in [1.807, 2.05) is 19.1 Å². The van der Waals surface area contributed by atoms with Crippen molar-refractivity contribution in [1.29, 1.82) is 5.26 Å². The highest BCUT2D eigenvalue weighted by Crippen LogP contribution is 2.23. The highest BCUT2D eigenvalue weighted by molar-refractivity contribution is 5.29. The van der Waals surface area contributed by atoms with Gasteiger partial charge in [0.25, 0.3) is 0 Å². The molecule has 4 nitrogen and oxygen atoms in total. The van der Waals surface area contributed by atoms with Crippen LogP contribution in [0.25, 0.3) is 0 Å². The predicted molar refractivity (Wildman–Crippen MR) is 84.4 cm³/mol. The first-order valence-electron chi connectivity index (χ1n) is 7.64. The first kappa shape index (κ1) is 15.8. The molecule has 1 aromatic carbocycles. The van der Waals surface area contributed by atoms with Crippen LogP contribution in [-0.2, 0) is 6.42 Å². The van der Waals surface area contributed by atoms with E-state index in [-0.39, 0.29) is 0 Å². The fourth-order valence-corrected chi connectivity index (χ4v) is 2.79. The fraction of sp³-hybridized carbons (Fsp3) is 0.588. The number of benzene rings is 1. The fourth-order valence-electron chi connectivity index (χ4n) is 2.79. The van der Waals surface area contributed by atoms with Gasteiger partial charge in [-0.25, -0.2) is 0 Å². The molecule has 0 aromatic heterocycles. The SMILES string of the molecule is CCOc1ccc(CC(C)(C#N)N2CCN(C)CC2)cc1. The van der Waals surface area contributed by atoms with Gasteiger partial charge in [-0.05, 0) is 38.6 Å². The van der Waals surface area contributed by atoms with E-state index in [2.05, 4.69) is 42.0 Å². The Labute approximate surface area is 127 Å². The highest BCUT2D eigenvalue weighted by atomic mass is 16.5. The molecule has 1 saturated heterocycles. The van der Waals surface area contributed by atoms with E-state index in [0.29, 0.717) is 6.61 Å². The van der Waals surface area contributed by atoms with E-state index in [9.17, 15) is 5.26 Å². The average molecular weight is 287 g/mol. The molecule has 1 fully saturated rings. The largest absolute Gasteiger partial charge is 0.494 e. The molecule has 114 valence electrons. The van der Waals surface area contributed by atoms with Crippen LogP contribution >= 0.6 is 0 Å². The van der Waals surface area contributed by atoms with Gasteiger partial charge in [-0.2, -0.15) is 5.26 Å². The molecule has 0 bridgehead atoms. The van der Waals surface area contributed by atoms with Crippen molar-refractivity contribution in [3.63, 3.8) is 0 Å². The van der Waals surface area contributed by atoms with Gasteiger partial charge in [0.2, 0.25) is 0 Å². The van der Waals surface area contributed by atoms with Gasteiger partial charge in [-0.15, -0.1) is 0 Å². The minimum atomic E-state index is -0.436. The topological polar surface area (TPSA) is 39.5 Å². The van der Waals surface area contributed by atoms with E-state index in [4.69, 9.17) is 4.74 Å². The van der Waals surface area contributed by atoms with Gasteiger partial charge in [0, 0.05) is 32.6 Å². The van der Waals surface area contributed by atoms with E-state index in [0.717, 1.165) is 38.3 Å². The van der Waals surface area contributed by atoms with Crippen molar-refractivity contribution in [3.05, 3.63) is 29.8 Å². The van der Waals surface area contributed by atoms with Crippen LogP contribution in [-0.4, -0.2) is 55.2 Å². The third-order valence-corrected chi connectivity index (χ3v) is 4.22. The summed E-state index contributed by atoms with van der Waals surface area (Å²) < 4.78 is 5.46. The second kappa shape index (κ2) is 6.93. The zero-order valence-corrected chi connectivity index (χ0v) is 13.3. The molecule has 0 amide bonds. The summed E-state index contributed by atoms with van der Waals surface area (Å²) in [6, 6.07) is 10.6. The number of hydrogen-bond donors (Lipinski definition) is 0. The molecule has 1 unspecified atom stereocenters. The maximum absolute atomic E-state index is 9.67. The van der Waals surface area contributed by atoms with Crippen LogP contribution in [0, 0.1) is 11.3 Å². The number of rotatable bonds is 5. The average Bonchev–Trinajstić information content (AvgIpc) is 2.50. The summed E-state index contributed by atoms with van der Waals surface area (Å²) in [5, 5.41) is 9.67. The van der Waals surface area contributed by atoms with Crippen molar-refractivity contribution >= 4 is 0 Å². The molecule has 1 aliphatic heterocycles. The van der Waals surface area contributed by atoms with E-state index in [1.54, 1.807) is 0 Å². The van der Waals surface area contributed by atoms with Gasteiger partial charge in [-0.1, -0.05) is 12.1 Å². The maximum atomic E-state index is 9.67. The zero-order valence-electron chi connectivity index (χ0n) is 13.3. The predicted octanol–water partition coefficient (Wildman–Crippen LogP) is 2.16. The Morgan fingerprint density at radius 2 is 1.81 bits per heavy atom. The van der Waals surface area contributed by atoms with Gasteiger partial charge in [0.05, 0.1) is 12.7 Å². The summed E-state index contributed by atoms with van der Waals surface area (Å²) in [7, 11) is 2.13. The summed E-state index contributed by atoms with van der Waals surface area (Å²) in [6.07, 6.45) is 0.750. The van der Waals surface area contributed by atoms with E-state index >= 15 is 0 Å². The Kier molecular flexibility index (Phi) is 5.22. The molecule has 2 rings (SSSR count). The van der Waals surface area contributed by atoms with Gasteiger partial charge in [0.15, 0.2) is 0 Å². The Hall–Kier alpha value is -1.57. The quantitative estimate of drug-likeness (QED) is 0.832. The lowest BCUT2D eigenvalue weighted by molar-refractivity contribution is 0.0835. The lowest BCUT2D eigenvalue weighted by Crippen LogP contribution is -2.55. The van der Waals surface area contributed by atoms with Gasteiger partial charge in [0.1, 0.15) is 11.3 Å². The number of hydrogen-bond acceptors (Lipinski definition) is 4. The molecule has 4 heteroatoms. The molecule has 0 spiro atoms. The van der Waals surface area contributed by atoms with Crippen LogP contribution in [0.2, 0.25) is 0 Å². The molecule has 1 heterocycles. The molecular weight excluding hydrogens is 262 g/mol. The number of ether oxygens (including phenoxy) is 1. The lowest BCUT2D eigenvalue weighted by Gasteiger charge is -2.41.